The number of rotatable bonds is 1. The van der Waals surface area contributed by atoms with E-state index in [9.17, 15) is 4.79 Å². The minimum absolute atomic E-state index is 0.239. The Hall–Kier alpha value is -1.32. The predicted molar refractivity (Wildman–Crippen MR) is 56.0 cm³/mol. The number of aromatic carboxylic acids is 1. The van der Waals surface area contributed by atoms with Crippen molar-refractivity contribution in [2.24, 2.45) is 5.41 Å². The molecular formula is C11H16N2O2. The van der Waals surface area contributed by atoms with E-state index in [1.165, 1.54) is 0 Å². The van der Waals surface area contributed by atoms with Gasteiger partial charge in [0.1, 0.15) is 5.82 Å². The van der Waals surface area contributed by atoms with Gasteiger partial charge in [0.15, 0.2) is 5.69 Å². The van der Waals surface area contributed by atoms with E-state index < -0.39 is 5.97 Å². The molecule has 1 aliphatic heterocycles. The zero-order valence-corrected chi connectivity index (χ0v) is 9.37. The van der Waals surface area contributed by atoms with Crippen LogP contribution in [0.1, 0.15) is 42.3 Å². The number of fused-ring (bicyclic) bond motifs is 1. The number of aryl methyl sites for hydroxylation is 1. The number of hydrogen-bond donors (Lipinski definition) is 1. The Kier molecular flexibility index (Phi) is 2.10. The molecule has 0 unspecified atom stereocenters. The van der Waals surface area contributed by atoms with Crippen LogP contribution in [-0.2, 0) is 13.0 Å². The first-order valence-corrected chi connectivity index (χ1v) is 5.20. The van der Waals surface area contributed by atoms with Crippen molar-refractivity contribution in [2.45, 2.75) is 40.2 Å². The van der Waals surface area contributed by atoms with Crippen molar-refractivity contribution in [1.29, 1.82) is 0 Å². The highest BCUT2D eigenvalue weighted by atomic mass is 16.4. The first-order valence-electron chi connectivity index (χ1n) is 5.20. The second kappa shape index (κ2) is 3.08. The van der Waals surface area contributed by atoms with Crippen LogP contribution in [0, 0.1) is 12.3 Å². The Bertz CT molecular complexity index is 418. The van der Waals surface area contributed by atoms with Crippen molar-refractivity contribution in [3.05, 3.63) is 17.2 Å². The molecule has 2 rings (SSSR count). The third-order valence-electron chi connectivity index (χ3n) is 3.09. The predicted octanol–water partition coefficient (Wildman–Crippen LogP) is 1.86. The average Bonchev–Trinajstić information content (AvgIpc) is 2.42. The highest BCUT2D eigenvalue weighted by Crippen LogP contribution is 2.32. The van der Waals surface area contributed by atoms with Gasteiger partial charge in [-0.2, -0.15) is 0 Å². The van der Waals surface area contributed by atoms with Crippen LogP contribution >= 0.6 is 0 Å². The van der Waals surface area contributed by atoms with E-state index in [2.05, 4.69) is 18.8 Å². The highest BCUT2D eigenvalue weighted by molar-refractivity contribution is 5.86. The van der Waals surface area contributed by atoms with E-state index in [1.54, 1.807) is 0 Å². The van der Waals surface area contributed by atoms with Crippen LogP contribution in [-0.4, -0.2) is 20.6 Å². The minimum atomic E-state index is -0.911. The fraction of sp³-hybridized carbons (Fsp3) is 0.636. The molecule has 0 amide bonds. The Labute approximate surface area is 88.9 Å². The maximum absolute atomic E-state index is 11.0. The molecule has 4 heteroatoms. The molecule has 0 bridgehead atoms. The van der Waals surface area contributed by atoms with Gasteiger partial charge >= 0.3 is 5.97 Å². The van der Waals surface area contributed by atoms with E-state index in [1.807, 2.05) is 11.5 Å². The summed E-state index contributed by atoms with van der Waals surface area (Å²) in [5, 5.41) is 9.01. The molecule has 0 radical (unpaired) electrons. The molecule has 0 fully saturated rings. The quantitative estimate of drug-likeness (QED) is 0.766. The zero-order chi connectivity index (χ0) is 11.2. The Morgan fingerprint density at radius 1 is 1.53 bits per heavy atom. The van der Waals surface area contributed by atoms with Crippen LogP contribution in [0.15, 0.2) is 0 Å². The van der Waals surface area contributed by atoms with Gasteiger partial charge in [-0.3, -0.25) is 0 Å². The summed E-state index contributed by atoms with van der Waals surface area (Å²) in [7, 11) is 0. The molecule has 1 N–H and O–H groups in total. The van der Waals surface area contributed by atoms with E-state index in [0.717, 1.165) is 30.9 Å². The summed E-state index contributed by atoms with van der Waals surface area (Å²) in [6.07, 6.45) is 1.84. The lowest BCUT2D eigenvalue weighted by molar-refractivity contribution is 0.0688. The zero-order valence-electron chi connectivity index (χ0n) is 9.37. The summed E-state index contributed by atoms with van der Waals surface area (Å²) in [6.45, 7) is 7.15. The van der Waals surface area contributed by atoms with E-state index in [0.29, 0.717) is 0 Å². The van der Waals surface area contributed by atoms with Crippen molar-refractivity contribution in [2.75, 3.05) is 0 Å². The topological polar surface area (TPSA) is 55.1 Å². The molecular weight excluding hydrogens is 192 g/mol. The molecule has 82 valence electrons. The molecule has 0 aliphatic carbocycles. The normalized spacial score (nSPS) is 18.6. The van der Waals surface area contributed by atoms with Crippen LogP contribution in [0.25, 0.3) is 0 Å². The van der Waals surface area contributed by atoms with Crippen LogP contribution in [0.5, 0.6) is 0 Å². The van der Waals surface area contributed by atoms with Crippen molar-refractivity contribution in [3.8, 4) is 0 Å². The van der Waals surface area contributed by atoms with E-state index in [-0.39, 0.29) is 11.1 Å². The second-order valence-corrected chi connectivity index (χ2v) is 5.01. The van der Waals surface area contributed by atoms with Crippen LogP contribution in [0.4, 0.5) is 0 Å². The second-order valence-electron chi connectivity index (χ2n) is 5.01. The van der Waals surface area contributed by atoms with E-state index in [4.69, 9.17) is 5.11 Å². The number of aromatic nitrogens is 2. The van der Waals surface area contributed by atoms with Crippen molar-refractivity contribution in [3.63, 3.8) is 0 Å². The van der Waals surface area contributed by atoms with Gasteiger partial charge in [-0.1, -0.05) is 13.8 Å². The molecule has 1 aromatic heterocycles. The van der Waals surface area contributed by atoms with Crippen molar-refractivity contribution in [1.82, 2.24) is 9.55 Å². The number of imidazole rings is 1. The monoisotopic (exact) mass is 208 g/mol. The number of carbonyl (C=O) groups is 1. The van der Waals surface area contributed by atoms with Crippen molar-refractivity contribution >= 4 is 5.97 Å². The van der Waals surface area contributed by atoms with Gasteiger partial charge in [-0.15, -0.1) is 0 Å². The maximum Gasteiger partial charge on any atom is 0.356 e. The Balaban J connectivity index is 2.49. The number of hydrogen-bond acceptors (Lipinski definition) is 2. The summed E-state index contributed by atoms with van der Waals surface area (Å²) in [6, 6.07) is 0. The Morgan fingerprint density at radius 3 is 2.80 bits per heavy atom. The standard InChI is InChI=1S/C11H16N2O2/c1-7-12-9(10(14)15)8-4-5-11(2,3)6-13(7)8/h4-6H2,1-3H3,(H,14,15). The average molecular weight is 208 g/mol. The van der Waals surface area contributed by atoms with Gasteiger partial charge in [0, 0.05) is 6.54 Å². The minimum Gasteiger partial charge on any atom is -0.476 e. The molecule has 0 saturated heterocycles. The first kappa shape index (κ1) is 10.2. The Morgan fingerprint density at radius 2 is 2.20 bits per heavy atom. The third-order valence-corrected chi connectivity index (χ3v) is 3.09. The smallest absolute Gasteiger partial charge is 0.356 e. The van der Waals surface area contributed by atoms with Gasteiger partial charge < -0.3 is 9.67 Å². The first-order chi connectivity index (χ1) is 6.91. The summed E-state index contributed by atoms with van der Waals surface area (Å²) in [5.41, 5.74) is 1.37. The van der Waals surface area contributed by atoms with Crippen LogP contribution in [0.3, 0.4) is 0 Å². The molecule has 4 nitrogen and oxygen atoms in total. The maximum atomic E-state index is 11.0. The summed E-state index contributed by atoms with van der Waals surface area (Å²) in [5.74, 6) is -0.0956. The summed E-state index contributed by atoms with van der Waals surface area (Å²) < 4.78 is 2.05. The van der Waals surface area contributed by atoms with Crippen LogP contribution in [0.2, 0.25) is 0 Å². The molecule has 15 heavy (non-hydrogen) atoms. The van der Waals surface area contributed by atoms with Crippen molar-refractivity contribution < 1.29 is 9.90 Å². The fourth-order valence-corrected chi connectivity index (χ4v) is 2.21. The molecule has 1 aliphatic rings. The lowest BCUT2D eigenvalue weighted by atomic mass is 9.84. The van der Waals surface area contributed by atoms with Gasteiger partial charge in [-0.05, 0) is 25.2 Å². The van der Waals surface area contributed by atoms with Gasteiger partial charge in [-0.25, -0.2) is 9.78 Å². The van der Waals surface area contributed by atoms with E-state index >= 15 is 0 Å². The number of nitrogens with zero attached hydrogens (tertiary/aromatic N) is 2. The third kappa shape index (κ3) is 1.64. The molecule has 0 atom stereocenters. The number of carboxylic acids is 1. The molecule has 2 heterocycles. The fourth-order valence-electron chi connectivity index (χ4n) is 2.21. The van der Waals surface area contributed by atoms with Gasteiger partial charge in [0.05, 0.1) is 5.69 Å². The van der Waals surface area contributed by atoms with Crippen LogP contribution < -0.4 is 0 Å². The molecule has 0 aromatic carbocycles. The summed E-state index contributed by atoms with van der Waals surface area (Å²) in [4.78, 5) is 15.1. The highest BCUT2D eigenvalue weighted by Gasteiger charge is 2.30. The SMILES string of the molecule is Cc1nc(C(=O)O)c2n1CC(C)(C)CC2. The molecule has 1 aromatic rings. The molecule has 0 saturated carbocycles. The summed E-state index contributed by atoms with van der Waals surface area (Å²) >= 11 is 0. The molecule has 0 spiro atoms. The van der Waals surface area contributed by atoms with Gasteiger partial charge in [0.2, 0.25) is 0 Å². The number of carboxylic acid groups (broad SMARTS) is 1. The van der Waals surface area contributed by atoms with Gasteiger partial charge in [0.25, 0.3) is 0 Å². The lowest BCUT2D eigenvalue weighted by Gasteiger charge is -2.31. The lowest BCUT2D eigenvalue weighted by Crippen LogP contribution is -2.28. The largest absolute Gasteiger partial charge is 0.476 e.